The average Bonchev–Trinajstić information content (AvgIpc) is 2.59. The second-order valence-electron chi connectivity index (χ2n) is 3.63. The first-order valence-electron chi connectivity index (χ1n) is 4.92. The monoisotopic (exact) mass is 233 g/mol. The van der Waals surface area contributed by atoms with Crippen LogP contribution in [0.4, 0.5) is 0 Å². The van der Waals surface area contributed by atoms with E-state index in [1.54, 1.807) is 12.1 Å². The van der Waals surface area contributed by atoms with Crippen molar-refractivity contribution in [3.8, 4) is 0 Å². The first-order chi connectivity index (χ1) is 8.13. The number of nitrogens with zero attached hydrogens (tertiary/aromatic N) is 3. The molecule has 0 saturated heterocycles. The Labute approximate surface area is 97.6 Å². The smallest absolute Gasteiger partial charge is 0.184 e. The third-order valence-electron chi connectivity index (χ3n) is 2.44. The topological polar surface area (TPSA) is 76.4 Å². The molecule has 1 aromatic rings. The lowest BCUT2D eigenvalue weighted by atomic mass is 10.1. The molecule has 88 valence electrons. The third-order valence-corrected chi connectivity index (χ3v) is 2.44. The van der Waals surface area contributed by atoms with Crippen molar-refractivity contribution in [2.75, 3.05) is 0 Å². The van der Waals surface area contributed by atoms with E-state index in [0.29, 0.717) is 21.4 Å². The molecule has 1 aliphatic rings. The molecule has 0 bridgehead atoms. The summed E-state index contributed by atoms with van der Waals surface area (Å²) in [4.78, 5) is 10.1. The van der Waals surface area contributed by atoms with Crippen molar-refractivity contribution in [2.45, 2.75) is 6.92 Å². The van der Waals surface area contributed by atoms with E-state index in [-0.39, 0.29) is 5.82 Å². The van der Waals surface area contributed by atoms with Gasteiger partial charge in [-0.15, -0.1) is 4.91 Å². The molecule has 1 heterocycles. The summed E-state index contributed by atoms with van der Waals surface area (Å²) in [6.07, 6.45) is 2.11. The molecule has 0 fully saturated rings. The zero-order valence-corrected chi connectivity index (χ0v) is 9.11. The summed E-state index contributed by atoms with van der Waals surface area (Å²) < 4.78 is 0. The summed E-state index contributed by atoms with van der Waals surface area (Å²) >= 11 is 0. The molecule has 0 atom stereocenters. The number of hydrogen-bond acceptors (Lipinski definition) is 6. The van der Waals surface area contributed by atoms with Crippen LogP contribution in [0.1, 0.15) is 11.1 Å². The van der Waals surface area contributed by atoms with E-state index in [4.69, 9.17) is 0 Å². The Morgan fingerprint density at radius 2 is 1.88 bits per heavy atom. The highest BCUT2D eigenvalue weighted by Gasteiger charge is 2.26. The van der Waals surface area contributed by atoms with Gasteiger partial charge in [0.25, 0.3) is 0 Å². The van der Waals surface area contributed by atoms with Crippen LogP contribution in [0.25, 0.3) is 5.70 Å². The van der Waals surface area contributed by atoms with Crippen LogP contribution in [0.5, 0.6) is 0 Å². The van der Waals surface area contributed by atoms with Crippen LogP contribution in [0, 0.1) is 11.8 Å². The van der Waals surface area contributed by atoms with E-state index in [2.05, 4.69) is 5.18 Å². The molecule has 0 saturated carbocycles. The normalized spacial score (nSPS) is 17.6. The van der Waals surface area contributed by atoms with Gasteiger partial charge in [-0.05, 0) is 12.1 Å². The maximum absolute atomic E-state index is 10.1. The Bertz CT molecular complexity index is 493. The van der Waals surface area contributed by atoms with Crippen LogP contribution in [0.2, 0.25) is 0 Å². The molecule has 1 aromatic carbocycles. The van der Waals surface area contributed by atoms with Crippen LogP contribution in [-0.2, 0) is 0 Å². The Hall–Kier alpha value is -2.18. The van der Waals surface area contributed by atoms with Crippen LogP contribution in [-0.4, -0.2) is 20.5 Å². The van der Waals surface area contributed by atoms with E-state index in [1.165, 1.54) is 6.20 Å². The lowest BCUT2D eigenvalue weighted by Crippen LogP contribution is -2.18. The standard InChI is InChI=1S/C11H11N3O3/c1-8-2-4-9(5-3-8)10-7-13(16)11(6-12-15)14(10)17/h2-7,16-17H,1H3. The summed E-state index contributed by atoms with van der Waals surface area (Å²) in [7, 11) is 0. The zero-order chi connectivity index (χ0) is 12.4. The molecule has 17 heavy (non-hydrogen) atoms. The van der Waals surface area contributed by atoms with E-state index in [1.807, 2.05) is 19.1 Å². The molecular weight excluding hydrogens is 222 g/mol. The van der Waals surface area contributed by atoms with E-state index in [9.17, 15) is 15.3 Å². The van der Waals surface area contributed by atoms with Gasteiger partial charge in [0.15, 0.2) is 5.82 Å². The van der Waals surface area contributed by atoms with Gasteiger partial charge < -0.3 is 0 Å². The van der Waals surface area contributed by atoms with Crippen LogP contribution >= 0.6 is 0 Å². The number of benzene rings is 1. The summed E-state index contributed by atoms with van der Waals surface area (Å²) in [5.41, 5.74) is 2.16. The Kier molecular flexibility index (Phi) is 2.90. The molecule has 0 aliphatic carbocycles. The van der Waals surface area contributed by atoms with Gasteiger partial charge in [0.2, 0.25) is 0 Å². The Morgan fingerprint density at radius 1 is 1.24 bits per heavy atom. The molecular formula is C11H11N3O3. The van der Waals surface area contributed by atoms with Crippen LogP contribution < -0.4 is 0 Å². The molecule has 0 unspecified atom stereocenters. The molecule has 2 N–H and O–H groups in total. The van der Waals surface area contributed by atoms with Crippen molar-refractivity contribution >= 4 is 5.70 Å². The average molecular weight is 233 g/mol. The van der Waals surface area contributed by atoms with Crippen molar-refractivity contribution in [1.29, 1.82) is 0 Å². The van der Waals surface area contributed by atoms with E-state index < -0.39 is 0 Å². The van der Waals surface area contributed by atoms with Crippen LogP contribution in [0.3, 0.4) is 0 Å². The number of rotatable bonds is 2. The SMILES string of the molecule is Cc1ccc(C2=CN(O)C(=CN=O)N2O)cc1. The highest BCUT2D eigenvalue weighted by atomic mass is 16.6. The van der Waals surface area contributed by atoms with Crippen molar-refractivity contribution < 1.29 is 10.4 Å². The largest absolute Gasteiger partial charge is 0.282 e. The summed E-state index contributed by atoms with van der Waals surface area (Å²) in [6, 6.07) is 7.36. The summed E-state index contributed by atoms with van der Waals surface area (Å²) in [5.74, 6) is -0.115. The maximum Gasteiger partial charge on any atom is 0.184 e. The van der Waals surface area contributed by atoms with Crippen molar-refractivity contribution in [3.63, 3.8) is 0 Å². The zero-order valence-electron chi connectivity index (χ0n) is 9.11. The van der Waals surface area contributed by atoms with Crippen molar-refractivity contribution in [1.82, 2.24) is 10.1 Å². The fourth-order valence-electron chi connectivity index (χ4n) is 1.54. The molecule has 1 aliphatic heterocycles. The second-order valence-corrected chi connectivity index (χ2v) is 3.63. The van der Waals surface area contributed by atoms with Gasteiger partial charge in [-0.2, -0.15) is 0 Å². The molecule has 2 rings (SSSR count). The number of hydroxylamine groups is 4. The highest BCUT2D eigenvalue weighted by Crippen LogP contribution is 2.29. The number of aryl methyl sites for hydroxylation is 1. The molecule has 6 nitrogen and oxygen atoms in total. The summed E-state index contributed by atoms with van der Waals surface area (Å²) in [5, 5.41) is 23.1. The Balaban J connectivity index is 2.35. The second kappa shape index (κ2) is 4.36. The van der Waals surface area contributed by atoms with Crippen molar-refractivity contribution in [3.05, 3.63) is 58.5 Å². The Morgan fingerprint density at radius 3 is 2.47 bits per heavy atom. The van der Waals surface area contributed by atoms with Crippen LogP contribution in [0.15, 0.2) is 47.7 Å². The summed E-state index contributed by atoms with van der Waals surface area (Å²) in [6.45, 7) is 1.95. The minimum atomic E-state index is -0.115. The molecule has 0 radical (unpaired) electrons. The van der Waals surface area contributed by atoms with Gasteiger partial charge in [-0.25, -0.2) is 10.1 Å². The quantitative estimate of drug-likeness (QED) is 0.766. The molecule has 0 aromatic heterocycles. The van der Waals surface area contributed by atoms with Gasteiger partial charge in [0.05, 0.1) is 11.9 Å². The minimum Gasteiger partial charge on any atom is -0.282 e. The van der Waals surface area contributed by atoms with Gasteiger partial charge >= 0.3 is 0 Å². The molecule has 6 heteroatoms. The lowest BCUT2D eigenvalue weighted by Gasteiger charge is -2.15. The molecule has 0 spiro atoms. The fourth-order valence-corrected chi connectivity index (χ4v) is 1.54. The number of hydrogen-bond donors (Lipinski definition) is 2. The maximum atomic E-state index is 10.1. The van der Waals surface area contributed by atoms with E-state index in [0.717, 1.165) is 11.8 Å². The van der Waals surface area contributed by atoms with Gasteiger partial charge in [-0.3, -0.25) is 10.4 Å². The van der Waals surface area contributed by atoms with Crippen molar-refractivity contribution in [2.24, 2.45) is 5.18 Å². The predicted molar refractivity (Wildman–Crippen MR) is 60.3 cm³/mol. The van der Waals surface area contributed by atoms with Gasteiger partial charge in [0, 0.05) is 5.56 Å². The third kappa shape index (κ3) is 2.03. The first-order valence-corrected chi connectivity index (χ1v) is 4.92. The highest BCUT2D eigenvalue weighted by molar-refractivity contribution is 5.66. The fraction of sp³-hybridized carbons (Fsp3) is 0.0909. The lowest BCUT2D eigenvalue weighted by molar-refractivity contribution is -0.0757. The van der Waals surface area contributed by atoms with Gasteiger partial charge in [-0.1, -0.05) is 29.8 Å². The molecule has 0 amide bonds. The minimum absolute atomic E-state index is 0.115. The number of nitroso groups, excluding NO2 is 1. The van der Waals surface area contributed by atoms with Gasteiger partial charge in [0.1, 0.15) is 6.20 Å². The predicted octanol–water partition coefficient (Wildman–Crippen LogP) is 2.25. The first kappa shape index (κ1) is 11.3. The van der Waals surface area contributed by atoms with E-state index >= 15 is 0 Å².